The van der Waals surface area contributed by atoms with Crippen LogP contribution in [-0.4, -0.2) is 36.8 Å². The summed E-state index contributed by atoms with van der Waals surface area (Å²) in [6, 6.07) is 10.5. The van der Waals surface area contributed by atoms with Crippen molar-refractivity contribution in [2.24, 2.45) is 0 Å². The van der Waals surface area contributed by atoms with Gasteiger partial charge in [-0.2, -0.15) is 0 Å². The summed E-state index contributed by atoms with van der Waals surface area (Å²) in [5.74, 6) is -0.402. The number of sulfone groups is 1. The Morgan fingerprint density at radius 2 is 1.78 bits per heavy atom. The number of anilines is 1. The number of aryl methyl sites for hydroxylation is 2. The number of rotatable bonds is 4. The van der Waals surface area contributed by atoms with Crippen molar-refractivity contribution in [1.29, 1.82) is 0 Å². The summed E-state index contributed by atoms with van der Waals surface area (Å²) < 4.78 is 23.9. The fourth-order valence-corrected chi connectivity index (χ4v) is 4.91. The van der Waals surface area contributed by atoms with Gasteiger partial charge in [-0.1, -0.05) is 6.07 Å². The lowest BCUT2D eigenvalue weighted by Gasteiger charge is -2.29. The maximum Gasteiger partial charge on any atom is 0.269 e. The molecule has 1 saturated heterocycles. The largest absolute Gasteiger partial charge is 0.304 e. The Labute approximate surface area is 157 Å². The summed E-state index contributed by atoms with van der Waals surface area (Å²) >= 11 is 0. The predicted molar refractivity (Wildman–Crippen MR) is 103 cm³/mol. The van der Waals surface area contributed by atoms with Crippen LogP contribution < -0.4 is 4.90 Å². The number of hydrogen-bond donors (Lipinski definition) is 0. The van der Waals surface area contributed by atoms with E-state index in [-0.39, 0.29) is 28.7 Å². The Morgan fingerprint density at radius 1 is 1.11 bits per heavy atom. The number of nitrogens with zero attached hydrogens (tertiary/aromatic N) is 2. The van der Waals surface area contributed by atoms with Gasteiger partial charge in [-0.25, -0.2) is 8.42 Å². The van der Waals surface area contributed by atoms with Crippen LogP contribution in [0.3, 0.4) is 0 Å². The van der Waals surface area contributed by atoms with Gasteiger partial charge in [0.1, 0.15) is 0 Å². The number of carbonyl (C=O) groups is 1. The van der Waals surface area contributed by atoms with Crippen LogP contribution in [-0.2, 0) is 9.84 Å². The molecule has 0 aromatic heterocycles. The first kappa shape index (κ1) is 19.0. The predicted octanol–water partition coefficient (Wildman–Crippen LogP) is 3.05. The molecule has 2 aromatic carbocycles. The number of carbonyl (C=O) groups excluding carboxylic acids is 1. The normalized spacial score (nSPS) is 18.2. The van der Waals surface area contributed by atoms with Crippen molar-refractivity contribution in [3.05, 3.63) is 69.3 Å². The van der Waals surface area contributed by atoms with Crippen LogP contribution in [0.1, 0.15) is 27.9 Å². The van der Waals surface area contributed by atoms with Crippen molar-refractivity contribution in [2.45, 2.75) is 26.3 Å². The first-order valence-corrected chi connectivity index (χ1v) is 10.4. The molecule has 27 heavy (non-hydrogen) atoms. The highest BCUT2D eigenvalue weighted by Crippen LogP contribution is 2.28. The lowest BCUT2D eigenvalue weighted by atomic mass is 10.1. The van der Waals surface area contributed by atoms with Crippen LogP contribution in [0.4, 0.5) is 11.4 Å². The molecule has 0 aliphatic carbocycles. The van der Waals surface area contributed by atoms with Gasteiger partial charge in [0.2, 0.25) is 0 Å². The Kier molecular flexibility index (Phi) is 5.01. The Bertz CT molecular complexity index is 999. The van der Waals surface area contributed by atoms with Crippen LogP contribution >= 0.6 is 0 Å². The molecule has 1 fully saturated rings. The maximum absolute atomic E-state index is 13.2. The van der Waals surface area contributed by atoms with E-state index in [0.29, 0.717) is 12.1 Å². The van der Waals surface area contributed by atoms with E-state index in [1.165, 1.54) is 29.2 Å². The molecule has 0 saturated carbocycles. The van der Waals surface area contributed by atoms with Gasteiger partial charge in [-0.15, -0.1) is 0 Å². The van der Waals surface area contributed by atoms with E-state index in [0.717, 1.165) is 11.1 Å². The molecule has 1 heterocycles. The number of benzene rings is 2. The van der Waals surface area contributed by atoms with Gasteiger partial charge in [-0.3, -0.25) is 14.9 Å². The minimum Gasteiger partial charge on any atom is -0.304 e. The molecule has 8 heteroatoms. The highest BCUT2D eigenvalue weighted by Gasteiger charge is 2.36. The third-order valence-electron chi connectivity index (χ3n) is 4.89. The zero-order valence-electron chi connectivity index (χ0n) is 15.1. The van der Waals surface area contributed by atoms with E-state index in [4.69, 9.17) is 0 Å². The first-order chi connectivity index (χ1) is 12.7. The van der Waals surface area contributed by atoms with Crippen molar-refractivity contribution >= 4 is 27.1 Å². The number of amides is 1. The number of hydrogen-bond acceptors (Lipinski definition) is 5. The lowest BCUT2D eigenvalue weighted by Crippen LogP contribution is -2.41. The highest BCUT2D eigenvalue weighted by molar-refractivity contribution is 7.91. The van der Waals surface area contributed by atoms with Crippen LogP contribution in [0.5, 0.6) is 0 Å². The molecule has 1 amide bonds. The summed E-state index contributed by atoms with van der Waals surface area (Å²) in [5, 5.41) is 10.8. The van der Waals surface area contributed by atoms with Crippen molar-refractivity contribution in [1.82, 2.24) is 0 Å². The van der Waals surface area contributed by atoms with E-state index < -0.39 is 20.8 Å². The Hall–Kier alpha value is -2.74. The van der Waals surface area contributed by atoms with Crippen LogP contribution in [0.2, 0.25) is 0 Å². The van der Waals surface area contributed by atoms with E-state index in [2.05, 4.69) is 0 Å². The molecule has 0 spiro atoms. The summed E-state index contributed by atoms with van der Waals surface area (Å²) in [7, 11) is -3.18. The molecule has 1 aliphatic heterocycles. The van der Waals surface area contributed by atoms with Crippen molar-refractivity contribution in [3.63, 3.8) is 0 Å². The molecule has 7 nitrogen and oxygen atoms in total. The van der Waals surface area contributed by atoms with Gasteiger partial charge in [0.05, 0.1) is 22.5 Å². The van der Waals surface area contributed by atoms with Crippen LogP contribution in [0, 0.1) is 24.0 Å². The van der Waals surface area contributed by atoms with Crippen LogP contribution in [0.15, 0.2) is 42.5 Å². The SMILES string of the molecule is Cc1ccc(N(C(=O)c2ccc([N+](=O)[O-])cc2)C2CCS(=O)(=O)C2)cc1C. The van der Waals surface area contributed by atoms with E-state index >= 15 is 0 Å². The summed E-state index contributed by atoms with van der Waals surface area (Å²) in [6.07, 6.45) is 0.369. The average molecular weight is 388 g/mol. The second-order valence-electron chi connectivity index (χ2n) is 6.80. The van der Waals surface area contributed by atoms with Gasteiger partial charge < -0.3 is 4.90 Å². The van der Waals surface area contributed by atoms with Crippen LogP contribution in [0.25, 0.3) is 0 Å². The highest BCUT2D eigenvalue weighted by atomic mass is 32.2. The average Bonchev–Trinajstić information content (AvgIpc) is 2.97. The first-order valence-electron chi connectivity index (χ1n) is 8.53. The number of nitro benzene ring substituents is 1. The molecule has 1 aliphatic rings. The van der Waals surface area contributed by atoms with Gasteiger partial charge in [-0.05, 0) is 55.7 Å². The standard InChI is InChI=1S/C19H20N2O5S/c1-13-3-6-17(11-14(13)2)20(18-9-10-27(25,26)12-18)19(22)15-4-7-16(8-5-15)21(23)24/h3-8,11,18H,9-10,12H2,1-2H3. The van der Waals surface area contributed by atoms with Crippen molar-refractivity contribution in [3.8, 4) is 0 Å². The number of non-ortho nitro benzene ring substituents is 1. The molecule has 1 unspecified atom stereocenters. The molecule has 0 N–H and O–H groups in total. The minimum atomic E-state index is -3.18. The quantitative estimate of drug-likeness (QED) is 0.592. The summed E-state index contributed by atoms with van der Waals surface area (Å²) in [5.41, 5.74) is 2.87. The molecule has 0 bridgehead atoms. The fraction of sp³-hybridized carbons (Fsp3) is 0.316. The van der Waals surface area contributed by atoms with Gasteiger partial charge >= 0.3 is 0 Å². The Morgan fingerprint density at radius 3 is 2.30 bits per heavy atom. The molecule has 3 rings (SSSR count). The lowest BCUT2D eigenvalue weighted by molar-refractivity contribution is -0.384. The molecule has 0 radical (unpaired) electrons. The molecule has 1 atom stereocenters. The van der Waals surface area contributed by atoms with Crippen molar-refractivity contribution in [2.75, 3.05) is 16.4 Å². The van der Waals surface area contributed by atoms with E-state index in [1.807, 2.05) is 26.0 Å². The molecular weight excluding hydrogens is 368 g/mol. The van der Waals surface area contributed by atoms with Gasteiger partial charge in [0, 0.05) is 23.4 Å². The maximum atomic E-state index is 13.2. The fourth-order valence-electron chi connectivity index (χ4n) is 3.21. The van der Waals surface area contributed by atoms with Crippen molar-refractivity contribution < 1.29 is 18.1 Å². The second-order valence-corrected chi connectivity index (χ2v) is 9.03. The molecule has 142 valence electrons. The van der Waals surface area contributed by atoms with E-state index in [1.54, 1.807) is 6.07 Å². The number of nitro groups is 1. The minimum absolute atomic E-state index is 0.0482. The summed E-state index contributed by atoms with van der Waals surface area (Å²) in [4.78, 5) is 25.0. The molecular formula is C19H20N2O5S. The summed E-state index contributed by atoms with van der Waals surface area (Å²) in [6.45, 7) is 3.89. The zero-order valence-corrected chi connectivity index (χ0v) is 15.9. The van der Waals surface area contributed by atoms with E-state index in [9.17, 15) is 23.3 Å². The van der Waals surface area contributed by atoms with Gasteiger partial charge in [0.15, 0.2) is 9.84 Å². The third kappa shape index (κ3) is 4.00. The third-order valence-corrected chi connectivity index (χ3v) is 6.64. The monoisotopic (exact) mass is 388 g/mol. The van der Waals surface area contributed by atoms with Gasteiger partial charge in [0.25, 0.3) is 11.6 Å². The second kappa shape index (κ2) is 7.11. The zero-order chi connectivity index (χ0) is 19.8. The topological polar surface area (TPSA) is 97.6 Å². The Balaban J connectivity index is 2.01. The molecule has 2 aromatic rings. The smallest absolute Gasteiger partial charge is 0.269 e.